The number of ether oxygens (including phenoxy) is 1. The Bertz CT molecular complexity index is 570. The van der Waals surface area contributed by atoms with E-state index in [1.165, 1.54) is 5.56 Å². The van der Waals surface area contributed by atoms with Crippen molar-refractivity contribution in [3.8, 4) is 11.5 Å². The monoisotopic (exact) mass is 369 g/mol. The van der Waals surface area contributed by atoms with Crippen LogP contribution >= 0.6 is 31.9 Å². The van der Waals surface area contributed by atoms with Gasteiger partial charge < -0.3 is 10.5 Å². The number of nitrogens with two attached hydrogens (primary N) is 1. The summed E-state index contributed by atoms with van der Waals surface area (Å²) in [6.45, 7) is 2.55. The molecule has 2 aromatic carbocycles. The summed E-state index contributed by atoms with van der Waals surface area (Å²) in [5.41, 5.74) is 7.87. The second-order valence-corrected chi connectivity index (χ2v) is 5.70. The van der Waals surface area contributed by atoms with Crippen molar-refractivity contribution in [2.45, 2.75) is 13.5 Å². The second-order valence-electron chi connectivity index (χ2n) is 3.99. The Morgan fingerprint density at radius 3 is 2.44 bits per heavy atom. The SMILES string of the molecule is Cc1ccc(Oc2ccc(CN)c(Br)c2)c(Br)c1. The van der Waals surface area contributed by atoms with Crippen LogP contribution in [0.4, 0.5) is 0 Å². The largest absolute Gasteiger partial charge is 0.456 e. The summed E-state index contributed by atoms with van der Waals surface area (Å²) in [6.07, 6.45) is 0. The highest BCUT2D eigenvalue weighted by molar-refractivity contribution is 9.10. The molecule has 0 heterocycles. The van der Waals surface area contributed by atoms with E-state index in [0.717, 1.165) is 26.0 Å². The third-order valence-electron chi connectivity index (χ3n) is 2.56. The van der Waals surface area contributed by atoms with E-state index >= 15 is 0 Å². The first-order chi connectivity index (χ1) is 8.60. The van der Waals surface area contributed by atoms with E-state index in [0.29, 0.717) is 6.54 Å². The Morgan fingerprint density at radius 2 is 1.83 bits per heavy atom. The van der Waals surface area contributed by atoms with Crippen LogP contribution in [0.25, 0.3) is 0 Å². The molecule has 4 heteroatoms. The lowest BCUT2D eigenvalue weighted by molar-refractivity contribution is 0.479. The second kappa shape index (κ2) is 5.87. The molecular weight excluding hydrogens is 358 g/mol. The normalized spacial score (nSPS) is 10.4. The summed E-state index contributed by atoms with van der Waals surface area (Å²) in [7, 11) is 0. The van der Waals surface area contributed by atoms with Gasteiger partial charge in [-0.25, -0.2) is 0 Å². The number of hydrogen-bond acceptors (Lipinski definition) is 2. The number of benzene rings is 2. The molecule has 0 saturated carbocycles. The van der Waals surface area contributed by atoms with Crippen LogP contribution in [0.3, 0.4) is 0 Å². The van der Waals surface area contributed by atoms with Gasteiger partial charge in [0.05, 0.1) is 4.47 Å². The van der Waals surface area contributed by atoms with Crippen molar-refractivity contribution >= 4 is 31.9 Å². The van der Waals surface area contributed by atoms with Crippen LogP contribution in [0.5, 0.6) is 11.5 Å². The van der Waals surface area contributed by atoms with Crippen LogP contribution in [-0.2, 0) is 6.54 Å². The Hall–Kier alpha value is -0.840. The van der Waals surface area contributed by atoms with Gasteiger partial charge in [-0.15, -0.1) is 0 Å². The van der Waals surface area contributed by atoms with Crippen LogP contribution in [-0.4, -0.2) is 0 Å². The van der Waals surface area contributed by atoms with Gasteiger partial charge in [0.15, 0.2) is 0 Å². The highest BCUT2D eigenvalue weighted by atomic mass is 79.9. The molecule has 0 amide bonds. The minimum absolute atomic E-state index is 0.509. The maximum Gasteiger partial charge on any atom is 0.141 e. The standard InChI is InChI=1S/C14H13Br2NO/c1-9-2-5-14(13(16)6-9)18-11-4-3-10(8-17)12(15)7-11/h2-7H,8,17H2,1H3. The van der Waals surface area contributed by atoms with E-state index in [1.54, 1.807) is 0 Å². The van der Waals surface area contributed by atoms with Gasteiger partial charge >= 0.3 is 0 Å². The Labute approximate surface area is 123 Å². The summed E-state index contributed by atoms with van der Waals surface area (Å²) >= 11 is 6.97. The maximum atomic E-state index is 5.83. The molecule has 0 aliphatic heterocycles. The van der Waals surface area contributed by atoms with Crippen LogP contribution in [0.1, 0.15) is 11.1 Å². The van der Waals surface area contributed by atoms with E-state index in [2.05, 4.69) is 31.9 Å². The fourth-order valence-corrected chi connectivity index (χ4v) is 2.67. The molecule has 0 spiro atoms. The molecule has 0 radical (unpaired) electrons. The van der Waals surface area contributed by atoms with Crippen molar-refractivity contribution in [3.63, 3.8) is 0 Å². The first-order valence-electron chi connectivity index (χ1n) is 5.52. The average molecular weight is 371 g/mol. The zero-order valence-corrected chi connectivity index (χ0v) is 13.1. The van der Waals surface area contributed by atoms with Gasteiger partial charge in [-0.3, -0.25) is 0 Å². The third kappa shape index (κ3) is 3.13. The first-order valence-corrected chi connectivity index (χ1v) is 7.11. The number of hydrogen-bond donors (Lipinski definition) is 1. The minimum atomic E-state index is 0.509. The lowest BCUT2D eigenvalue weighted by Crippen LogP contribution is -1.97. The lowest BCUT2D eigenvalue weighted by Gasteiger charge is -2.10. The van der Waals surface area contributed by atoms with Gasteiger partial charge in [-0.05, 0) is 58.2 Å². The van der Waals surface area contributed by atoms with E-state index in [1.807, 2.05) is 43.3 Å². The topological polar surface area (TPSA) is 35.2 Å². The van der Waals surface area contributed by atoms with Crippen molar-refractivity contribution in [2.24, 2.45) is 5.73 Å². The van der Waals surface area contributed by atoms with Crippen molar-refractivity contribution in [2.75, 3.05) is 0 Å². The molecule has 0 aromatic heterocycles. The molecular formula is C14H13Br2NO. The highest BCUT2D eigenvalue weighted by Gasteiger charge is 2.05. The fraction of sp³-hybridized carbons (Fsp3) is 0.143. The van der Waals surface area contributed by atoms with Crippen molar-refractivity contribution in [3.05, 3.63) is 56.5 Å². The Morgan fingerprint density at radius 1 is 1.06 bits per heavy atom. The van der Waals surface area contributed by atoms with Crippen LogP contribution in [0, 0.1) is 6.92 Å². The van der Waals surface area contributed by atoms with E-state index in [9.17, 15) is 0 Å². The van der Waals surface area contributed by atoms with E-state index in [-0.39, 0.29) is 0 Å². The van der Waals surface area contributed by atoms with Gasteiger partial charge in [0, 0.05) is 11.0 Å². The molecule has 0 atom stereocenters. The fourth-order valence-electron chi connectivity index (χ4n) is 1.57. The quantitative estimate of drug-likeness (QED) is 0.844. The predicted octanol–water partition coefficient (Wildman–Crippen LogP) is 4.77. The third-order valence-corrected chi connectivity index (χ3v) is 3.92. The maximum absolute atomic E-state index is 5.83. The molecule has 0 bridgehead atoms. The molecule has 2 N–H and O–H groups in total. The summed E-state index contributed by atoms with van der Waals surface area (Å²) in [4.78, 5) is 0. The van der Waals surface area contributed by atoms with Crippen LogP contribution in [0.15, 0.2) is 45.3 Å². The molecule has 0 aliphatic rings. The molecule has 2 nitrogen and oxygen atoms in total. The Balaban J connectivity index is 2.26. The summed E-state index contributed by atoms with van der Waals surface area (Å²) < 4.78 is 7.74. The van der Waals surface area contributed by atoms with E-state index < -0.39 is 0 Å². The molecule has 2 aromatic rings. The molecule has 0 aliphatic carbocycles. The first kappa shape index (κ1) is 13.6. The molecule has 94 valence electrons. The molecule has 0 fully saturated rings. The van der Waals surface area contributed by atoms with E-state index in [4.69, 9.17) is 10.5 Å². The molecule has 18 heavy (non-hydrogen) atoms. The van der Waals surface area contributed by atoms with Crippen LogP contribution in [0.2, 0.25) is 0 Å². The number of aryl methyl sites for hydroxylation is 1. The van der Waals surface area contributed by atoms with Crippen molar-refractivity contribution in [1.82, 2.24) is 0 Å². The molecule has 2 rings (SSSR count). The van der Waals surface area contributed by atoms with Gasteiger partial charge in [-0.2, -0.15) is 0 Å². The van der Waals surface area contributed by atoms with Gasteiger partial charge in [0.2, 0.25) is 0 Å². The smallest absolute Gasteiger partial charge is 0.141 e. The van der Waals surface area contributed by atoms with Crippen LogP contribution < -0.4 is 10.5 Å². The highest BCUT2D eigenvalue weighted by Crippen LogP contribution is 2.32. The molecule has 0 saturated heterocycles. The average Bonchev–Trinajstić information content (AvgIpc) is 2.33. The van der Waals surface area contributed by atoms with Crippen molar-refractivity contribution < 1.29 is 4.74 Å². The number of rotatable bonds is 3. The lowest BCUT2D eigenvalue weighted by atomic mass is 10.2. The van der Waals surface area contributed by atoms with Crippen molar-refractivity contribution in [1.29, 1.82) is 0 Å². The van der Waals surface area contributed by atoms with Gasteiger partial charge in [0.1, 0.15) is 11.5 Å². The Kier molecular flexibility index (Phi) is 4.43. The van der Waals surface area contributed by atoms with Gasteiger partial charge in [-0.1, -0.05) is 28.1 Å². The number of halogens is 2. The summed E-state index contributed by atoms with van der Waals surface area (Å²) in [5.74, 6) is 1.58. The van der Waals surface area contributed by atoms with Gasteiger partial charge in [0.25, 0.3) is 0 Å². The summed E-state index contributed by atoms with van der Waals surface area (Å²) in [6, 6.07) is 11.8. The zero-order chi connectivity index (χ0) is 13.1. The predicted molar refractivity (Wildman–Crippen MR) is 81.0 cm³/mol. The molecule has 0 unspecified atom stereocenters. The minimum Gasteiger partial charge on any atom is -0.456 e. The zero-order valence-electron chi connectivity index (χ0n) is 9.91. The summed E-state index contributed by atoms with van der Waals surface area (Å²) in [5, 5.41) is 0.